The monoisotopic (exact) mass is 238 g/mol. The molecule has 2 atom stereocenters. The van der Waals surface area contributed by atoms with Crippen LogP contribution in [0.1, 0.15) is 45.4 Å². The summed E-state index contributed by atoms with van der Waals surface area (Å²) < 4.78 is 0. The van der Waals surface area contributed by atoms with Crippen LogP contribution in [-0.2, 0) is 4.79 Å². The lowest BCUT2D eigenvalue weighted by Crippen LogP contribution is -2.54. The second-order valence-electron chi connectivity index (χ2n) is 6.84. The zero-order valence-electron chi connectivity index (χ0n) is 10.4. The van der Waals surface area contributed by atoms with Gasteiger partial charge in [-0.05, 0) is 68.6 Å². The van der Waals surface area contributed by atoms with Gasteiger partial charge < -0.3 is 10.2 Å². The van der Waals surface area contributed by atoms with Crippen molar-refractivity contribution < 1.29 is 15.0 Å². The Balaban J connectivity index is 1.92. The molecule has 0 heterocycles. The topological polar surface area (TPSA) is 57.5 Å². The molecule has 4 aliphatic rings. The maximum absolute atomic E-state index is 11.5. The number of rotatable bonds is 3. The zero-order chi connectivity index (χ0) is 12.2. The molecular weight excluding hydrogens is 216 g/mol. The van der Waals surface area contributed by atoms with Crippen LogP contribution in [-0.4, -0.2) is 22.3 Å². The van der Waals surface area contributed by atoms with Crippen molar-refractivity contribution in [1.29, 1.82) is 0 Å². The van der Waals surface area contributed by atoms with Crippen molar-refractivity contribution in [1.82, 2.24) is 0 Å². The molecule has 0 radical (unpaired) electrons. The fourth-order valence-electron chi connectivity index (χ4n) is 5.54. The SMILES string of the molecule is C[C@@H](O)[C@@H](C(=O)O)C12CC3CC(CC(C3)C1)C2. The first-order valence-electron chi connectivity index (χ1n) is 6.91. The van der Waals surface area contributed by atoms with Gasteiger partial charge in [0.15, 0.2) is 0 Å². The lowest BCUT2D eigenvalue weighted by Gasteiger charge is -2.59. The van der Waals surface area contributed by atoms with Crippen molar-refractivity contribution >= 4 is 5.97 Å². The fraction of sp³-hybridized carbons (Fsp3) is 0.929. The van der Waals surface area contributed by atoms with Crippen molar-refractivity contribution in [2.45, 2.75) is 51.6 Å². The van der Waals surface area contributed by atoms with E-state index in [1.54, 1.807) is 6.92 Å². The first kappa shape index (κ1) is 11.5. The van der Waals surface area contributed by atoms with E-state index in [4.69, 9.17) is 0 Å². The molecule has 17 heavy (non-hydrogen) atoms. The summed E-state index contributed by atoms with van der Waals surface area (Å²) in [6, 6.07) is 0. The smallest absolute Gasteiger partial charge is 0.309 e. The second-order valence-corrected chi connectivity index (χ2v) is 6.84. The van der Waals surface area contributed by atoms with Gasteiger partial charge >= 0.3 is 5.97 Å². The lowest BCUT2D eigenvalue weighted by atomic mass is 9.46. The number of hydrogen-bond donors (Lipinski definition) is 2. The van der Waals surface area contributed by atoms with E-state index in [1.807, 2.05) is 0 Å². The van der Waals surface area contributed by atoms with Crippen molar-refractivity contribution in [3.05, 3.63) is 0 Å². The molecule has 0 aromatic rings. The molecule has 0 saturated heterocycles. The molecule has 0 spiro atoms. The molecule has 3 nitrogen and oxygen atoms in total. The molecule has 0 aromatic carbocycles. The molecule has 0 amide bonds. The first-order chi connectivity index (χ1) is 8.00. The second kappa shape index (κ2) is 3.71. The van der Waals surface area contributed by atoms with Gasteiger partial charge in [0.05, 0.1) is 12.0 Å². The Labute approximate surface area is 102 Å². The third-order valence-corrected chi connectivity index (χ3v) is 5.49. The normalized spacial score (nSPS) is 46.8. The highest BCUT2D eigenvalue weighted by Gasteiger charge is 2.57. The van der Waals surface area contributed by atoms with Crippen LogP contribution in [0.5, 0.6) is 0 Å². The Morgan fingerprint density at radius 1 is 1.12 bits per heavy atom. The number of carboxylic acid groups (broad SMARTS) is 1. The van der Waals surface area contributed by atoms with E-state index in [0.717, 1.165) is 37.0 Å². The highest BCUT2D eigenvalue weighted by atomic mass is 16.4. The Morgan fingerprint density at radius 2 is 1.53 bits per heavy atom. The Bertz CT molecular complexity index is 299. The minimum absolute atomic E-state index is 0.0885. The number of hydrogen-bond acceptors (Lipinski definition) is 2. The molecule has 0 aliphatic heterocycles. The van der Waals surface area contributed by atoms with Gasteiger partial charge in [0, 0.05) is 0 Å². The summed E-state index contributed by atoms with van der Waals surface area (Å²) in [5.41, 5.74) is -0.0885. The van der Waals surface area contributed by atoms with Gasteiger partial charge in [0.1, 0.15) is 0 Å². The molecule has 4 fully saturated rings. The summed E-state index contributed by atoms with van der Waals surface area (Å²) in [5.74, 6) is 0.878. The Hall–Kier alpha value is -0.570. The average Bonchev–Trinajstić information content (AvgIpc) is 2.11. The molecule has 3 heteroatoms. The van der Waals surface area contributed by atoms with E-state index in [1.165, 1.54) is 19.3 Å². The van der Waals surface area contributed by atoms with Crippen molar-refractivity contribution in [3.8, 4) is 0 Å². The molecule has 96 valence electrons. The lowest BCUT2D eigenvalue weighted by molar-refractivity contribution is -0.167. The van der Waals surface area contributed by atoms with Crippen LogP contribution in [0.4, 0.5) is 0 Å². The number of aliphatic hydroxyl groups is 1. The summed E-state index contributed by atoms with van der Waals surface area (Å²) in [5, 5.41) is 19.3. The van der Waals surface area contributed by atoms with Gasteiger partial charge in [0.2, 0.25) is 0 Å². The van der Waals surface area contributed by atoms with Crippen LogP contribution < -0.4 is 0 Å². The maximum Gasteiger partial charge on any atom is 0.309 e. The molecule has 4 aliphatic carbocycles. The average molecular weight is 238 g/mol. The summed E-state index contributed by atoms with van der Waals surface area (Å²) in [7, 11) is 0. The standard InChI is InChI=1S/C14H22O3/c1-8(15)12(13(16)17)14-5-9-2-10(6-14)4-11(3-9)7-14/h8-12,15H,2-7H2,1H3,(H,16,17)/t8-,9?,10?,11?,12+,14?/m1/s1. The van der Waals surface area contributed by atoms with Crippen molar-refractivity contribution in [2.24, 2.45) is 29.1 Å². The summed E-state index contributed by atoms with van der Waals surface area (Å²) >= 11 is 0. The zero-order valence-corrected chi connectivity index (χ0v) is 10.4. The predicted octanol–water partition coefficient (Wildman–Crippen LogP) is 2.28. The highest BCUT2D eigenvalue weighted by Crippen LogP contribution is 2.63. The van der Waals surface area contributed by atoms with E-state index in [9.17, 15) is 15.0 Å². The van der Waals surface area contributed by atoms with Crippen LogP contribution in [0.2, 0.25) is 0 Å². The number of carbonyl (C=O) groups is 1. The van der Waals surface area contributed by atoms with Gasteiger partial charge in [0.25, 0.3) is 0 Å². The van der Waals surface area contributed by atoms with Crippen LogP contribution in [0, 0.1) is 29.1 Å². The van der Waals surface area contributed by atoms with Crippen LogP contribution >= 0.6 is 0 Å². The van der Waals surface area contributed by atoms with Gasteiger partial charge in [-0.3, -0.25) is 4.79 Å². The van der Waals surface area contributed by atoms with E-state index in [-0.39, 0.29) is 5.41 Å². The van der Waals surface area contributed by atoms with Crippen LogP contribution in [0.25, 0.3) is 0 Å². The minimum atomic E-state index is -0.790. The van der Waals surface area contributed by atoms with E-state index in [2.05, 4.69) is 0 Å². The molecule has 0 unspecified atom stereocenters. The third kappa shape index (κ3) is 1.70. The summed E-state index contributed by atoms with van der Waals surface area (Å²) in [4.78, 5) is 11.5. The van der Waals surface area contributed by atoms with Gasteiger partial charge in [-0.2, -0.15) is 0 Å². The Morgan fingerprint density at radius 3 is 1.82 bits per heavy atom. The third-order valence-electron chi connectivity index (χ3n) is 5.49. The largest absolute Gasteiger partial charge is 0.481 e. The number of aliphatic hydroxyl groups excluding tert-OH is 1. The highest BCUT2D eigenvalue weighted by molar-refractivity contribution is 5.72. The van der Waals surface area contributed by atoms with Gasteiger partial charge in [-0.15, -0.1) is 0 Å². The first-order valence-corrected chi connectivity index (χ1v) is 6.91. The van der Waals surface area contributed by atoms with E-state index in [0.29, 0.717) is 0 Å². The van der Waals surface area contributed by atoms with Crippen molar-refractivity contribution in [2.75, 3.05) is 0 Å². The minimum Gasteiger partial charge on any atom is -0.481 e. The van der Waals surface area contributed by atoms with E-state index < -0.39 is 18.0 Å². The van der Waals surface area contributed by atoms with Gasteiger partial charge in [-0.1, -0.05) is 0 Å². The molecule has 4 rings (SSSR count). The van der Waals surface area contributed by atoms with E-state index >= 15 is 0 Å². The molecule has 4 bridgehead atoms. The molecule has 0 aromatic heterocycles. The number of carboxylic acids is 1. The predicted molar refractivity (Wildman–Crippen MR) is 63.4 cm³/mol. The van der Waals surface area contributed by atoms with Crippen LogP contribution in [0.15, 0.2) is 0 Å². The molecule has 4 saturated carbocycles. The summed E-state index contributed by atoms with van der Waals surface area (Å²) in [6.45, 7) is 1.65. The fourth-order valence-corrected chi connectivity index (χ4v) is 5.54. The van der Waals surface area contributed by atoms with Crippen molar-refractivity contribution in [3.63, 3.8) is 0 Å². The van der Waals surface area contributed by atoms with Crippen LogP contribution in [0.3, 0.4) is 0 Å². The molecule has 2 N–H and O–H groups in total. The summed E-state index contributed by atoms with van der Waals surface area (Å²) in [6.07, 6.45) is 6.34. The Kier molecular flexibility index (Phi) is 2.51. The van der Waals surface area contributed by atoms with Gasteiger partial charge in [-0.25, -0.2) is 0 Å². The maximum atomic E-state index is 11.5. The molecular formula is C14H22O3. The number of aliphatic carboxylic acids is 1. The quantitative estimate of drug-likeness (QED) is 0.793.